The molecule has 6 heteroatoms. The Morgan fingerprint density at radius 3 is 2.05 bits per heavy atom. The van der Waals surface area contributed by atoms with Crippen LogP contribution in [0.4, 0.5) is 0 Å². The summed E-state index contributed by atoms with van der Waals surface area (Å²) in [5.74, 6) is -0.506. The SMILES string of the molecule is NC(=O)c1cccc2c1c1ccc(-c3c(Cl)cccc3Cl)cc1n2Cc1ccc(C(=O)c2ccccc2)cc1. The van der Waals surface area contributed by atoms with Crippen LogP contribution in [0, 0.1) is 0 Å². The molecule has 0 unspecified atom stereocenters. The summed E-state index contributed by atoms with van der Waals surface area (Å²) < 4.78 is 2.15. The van der Waals surface area contributed by atoms with Crippen molar-refractivity contribution in [2.45, 2.75) is 6.54 Å². The lowest BCUT2D eigenvalue weighted by Gasteiger charge is -2.11. The third-order valence-corrected chi connectivity index (χ3v) is 7.63. The predicted octanol–water partition coefficient (Wildman–Crippen LogP) is 8.15. The number of primary amides is 1. The molecule has 1 amide bonds. The van der Waals surface area contributed by atoms with Crippen molar-refractivity contribution in [1.82, 2.24) is 4.57 Å². The van der Waals surface area contributed by atoms with E-state index in [9.17, 15) is 9.59 Å². The molecule has 1 aromatic heterocycles. The summed E-state index contributed by atoms with van der Waals surface area (Å²) in [6, 6.07) is 33.8. The highest BCUT2D eigenvalue weighted by molar-refractivity contribution is 6.39. The minimum Gasteiger partial charge on any atom is -0.366 e. The van der Waals surface area contributed by atoms with E-state index < -0.39 is 5.91 Å². The van der Waals surface area contributed by atoms with E-state index in [1.54, 1.807) is 6.07 Å². The number of carbonyl (C=O) groups is 2. The lowest BCUT2D eigenvalue weighted by molar-refractivity contribution is 0.1000. The van der Waals surface area contributed by atoms with Crippen LogP contribution in [0.5, 0.6) is 0 Å². The number of aromatic nitrogens is 1. The Hall–Kier alpha value is -4.38. The molecule has 0 radical (unpaired) electrons. The van der Waals surface area contributed by atoms with Crippen LogP contribution in [0.1, 0.15) is 31.8 Å². The van der Waals surface area contributed by atoms with E-state index in [-0.39, 0.29) is 5.78 Å². The van der Waals surface area contributed by atoms with Crippen molar-refractivity contribution in [3.63, 3.8) is 0 Å². The molecule has 5 aromatic carbocycles. The van der Waals surface area contributed by atoms with Gasteiger partial charge in [-0.1, -0.05) is 102 Å². The Labute approximate surface area is 235 Å². The average Bonchev–Trinajstić information content (AvgIpc) is 3.26. The van der Waals surface area contributed by atoms with Crippen LogP contribution in [-0.2, 0) is 6.54 Å². The smallest absolute Gasteiger partial charge is 0.249 e. The number of hydrogen-bond acceptors (Lipinski definition) is 2. The van der Waals surface area contributed by atoms with Gasteiger partial charge in [0.15, 0.2) is 5.78 Å². The van der Waals surface area contributed by atoms with Crippen molar-refractivity contribution in [2.75, 3.05) is 0 Å². The van der Waals surface area contributed by atoms with Crippen LogP contribution in [0.15, 0.2) is 109 Å². The van der Waals surface area contributed by atoms with Gasteiger partial charge in [0.2, 0.25) is 5.91 Å². The van der Waals surface area contributed by atoms with E-state index >= 15 is 0 Å². The Morgan fingerprint density at radius 1 is 0.692 bits per heavy atom. The van der Waals surface area contributed by atoms with Crippen LogP contribution in [0.2, 0.25) is 10.0 Å². The van der Waals surface area contributed by atoms with Crippen LogP contribution >= 0.6 is 23.2 Å². The highest BCUT2D eigenvalue weighted by Crippen LogP contribution is 2.39. The third kappa shape index (κ3) is 4.48. The number of hydrogen-bond donors (Lipinski definition) is 1. The topological polar surface area (TPSA) is 65.1 Å². The molecule has 6 rings (SSSR count). The molecule has 1 heterocycles. The van der Waals surface area contributed by atoms with Gasteiger partial charge in [0.05, 0.1) is 11.0 Å². The third-order valence-electron chi connectivity index (χ3n) is 7.00. The largest absolute Gasteiger partial charge is 0.366 e. The molecule has 0 saturated heterocycles. The molecule has 2 N–H and O–H groups in total. The summed E-state index contributed by atoms with van der Waals surface area (Å²) in [5.41, 5.74) is 11.9. The fourth-order valence-electron chi connectivity index (χ4n) is 5.15. The number of nitrogens with zero attached hydrogens (tertiary/aromatic N) is 1. The summed E-state index contributed by atoms with van der Waals surface area (Å²) in [4.78, 5) is 25.3. The van der Waals surface area contributed by atoms with Crippen molar-refractivity contribution in [3.8, 4) is 11.1 Å². The van der Waals surface area contributed by atoms with E-state index in [0.29, 0.717) is 33.3 Å². The van der Waals surface area contributed by atoms with Gasteiger partial charge in [0.25, 0.3) is 0 Å². The molecule has 0 fully saturated rings. The van der Waals surface area contributed by atoms with Crippen molar-refractivity contribution >= 4 is 56.7 Å². The summed E-state index contributed by atoms with van der Waals surface area (Å²) >= 11 is 13.1. The maximum Gasteiger partial charge on any atom is 0.249 e. The number of amides is 1. The Morgan fingerprint density at radius 2 is 1.36 bits per heavy atom. The molecule has 0 saturated carbocycles. The molecule has 190 valence electrons. The minimum atomic E-state index is -0.485. The second-order valence-electron chi connectivity index (χ2n) is 9.37. The van der Waals surface area contributed by atoms with Crippen molar-refractivity contribution in [1.29, 1.82) is 0 Å². The van der Waals surface area contributed by atoms with E-state index in [0.717, 1.165) is 38.5 Å². The summed E-state index contributed by atoms with van der Waals surface area (Å²) in [7, 11) is 0. The first-order valence-corrected chi connectivity index (χ1v) is 13.2. The first-order chi connectivity index (χ1) is 18.9. The number of ketones is 1. The standard InChI is InChI=1S/C33H22Cl2N2O2/c34-26-9-5-10-27(35)30(26)23-16-17-24-29(18-23)37(28-11-4-8-25(31(24)28)33(36)39)19-20-12-14-22(15-13-20)32(38)21-6-2-1-3-7-21/h1-18H,19H2,(H2,36,39). The number of halogens is 2. The van der Waals surface area contributed by atoms with Gasteiger partial charge in [-0.3, -0.25) is 9.59 Å². The molecule has 0 aliphatic heterocycles. The van der Waals surface area contributed by atoms with Gasteiger partial charge in [-0.15, -0.1) is 0 Å². The molecule has 4 nitrogen and oxygen atoms in total. The summed E-state index contributed by atoms with van der Waals surface area (Å²) in [5, 5.41) is 2.82. The number of rotatable bonds is 6. The molecule has 0 aliphatic carbocycles. The molecule has 0 aliphatic rings. The quantitative estimate of drug-likeness (QED) is 0.213. The highest BCUT2D eigenvalue weighted by Gasteiger charge is 2.19. The van der Waals surface area contributed by atoms with Gasteiger partial charge in [0, 0.05) is 49.6 Å². The molecule has 0 spiro atoms. The number of fused-ring (bicyclic) bond motifs is 3. The lowest BCUT2D eigenvalue weighted by atomic mass is 10.0. The van der Waals surface area contributed by atoms with Crippen molar-refractivity contribution in [2.24, 2.45) is 5.73 Å². The molecular weight excluding hydrogens is 527 g/mol. The maximum absolute atomic E-state index is 12.9. The van der Waals surface area contributed by atoms with E-state index in [4.69, 9.17) is 28.9 Å². The van der Waals surface area contributed by atoms with Crippen LogP contribution in [0.25, 0.3) is 32.9 Å². The van der Waals surface area contributed by atoms with Gasteiger partial charge in [-0.25, -0.2) is 0 Å². The second kappa shape index (κ2) is 10.1. The normalized spacial score (nSPS) is 11.2. The predicted molar refractivity (Wildman–Crippen MR) is 159 cm³/mol. The fourth-order valence-corrected chi connectivity index (χ4v) is 5.76. The summed E-state index contributed by atoms with van der Waals surface area (Å²) in [6.07, 6.45) is 0. The van der Waals surface area contributed by atoms with E-state index in [1.807, 2.05) is 103 Å². The van der Waals surface area contributed by atoms with Gasteiger partial charge in [0.1, 0.15) is 0 Å². The lowest BCUT2D eigenvalue weighted by Crippen LogP contribution is -2.11. The van der Waals surface area contributed by atoms with E-state index in [2.05, 4.69) is 4.57 Å². The van der Waals surface area contributed by atoms with Crippen LogP contribution in [-0.4, -0.2) is 16.3 Å². The van der Waals surface area contributed by atoms with Crippen LogP contribution in [0.3, 0.4) is 0 Å². The van der Waals surface area contributed by atoms with Crippen molar-refractivity contribution in [3.05, 3.63) is 141 Å². The van der Waals surface area contributed by atoms with Crippen molar-refractivity contribution < 1.29 is 9.59 Å². The van der Waals surface area contributed by atoms with Crippen LogP contribution < -0.4 is 5.73 Å². The first kappa shape index (κ1) is 24.9. The highest BCUT2D eigenvalue weighted by atomic mass is 35.5. The van der Waals surface area contributed by atoms with Gasteiger partial charge < -0.3 is 10.3 Å². The van der Waals surface area contributed by atoms with Gasteiger partial charge in [-0.05, 0) is 41.5 Å². The molecular formula is C33H22Cl2N2O2. The average molecular weight is 549 g/mol. The Bertz CT molecular complexity index is 1870. The molecule has 0 bridgehead atoms. The Kier molecular flexibility index (Phi) is 6.43. The zero-order valence-electron chi connectivity index (χ0n) is 20.7. The van der Waals surface area contributed by atoms with Gasteiger partial charge >= 0.3 is 0 Å². The fraction of sp³-hybridized carbons (Fsp3) is 0.0303. The maximum atomic E-state index is 12.9. The zero-order chi connectivity index (χ0) is 27.1. The molecule has 39 heavy (non-hydrogen) atoms. The number of nitrogens with two attached hydrogens (primary N) is 1. The summed E-state index contributed by atoms with van der Waals surface area (Å²) in [6.45, 7) is 0.516. The number of carbonyl (C=O) groups excluding carboxylic acids is 2. The molecule has 0 atom stereocenters. The van der Waals surface area contributed by atoms with Gasteiger partial charge in [-0.2, -0.15) is 0 Å². The second-order valence-corrected chi connectivity index (χ2v) is 10.2. The number of benzene rings is 5. The van der Waals surface area contributed by atoms with E-state index in [1.165, 1.54) is 0 Å². The monoisotopic (exact) mass is 548 g/mol. The first-order valence-electron chi connectivity index (χ1n) is 12.4. The zero-order valence-corrected chi connectivity index (χ0v) is 22.2. The minimum absolute atomic E-state index is 0.0219. The molecule has 6 aromatic rings. The Balaban J connectivity index is 1.49.